The van der Waals surface area contributed by atoms with Crippen molar-refractivity contribution in [3.63, 3.8) is 0 Å². The number of esters is 1. The second-order valence-corrected chi connectivity index (χ2v) is 6.18. The summed E-state index contributed by atoms with van der Waals surface area (Å²) in [4.78, 5) is 12.4. The molecule has 2 rings (SSSR count). The van der Waals surface area contributed by atoms with E-state index in [1.807, 2.05) is 6.92 Å². The van der Waals surface area contributed by atoms with Gasteiger partial charge >= 0.3 is 13.1 Å². The van der Waals surface area contributed by atoms with Crippen molar-refractivity contribution in [2.24, 2.45) is 0 Å². The number of halogens is 1. The first-order valence-corrected chi connectivity index (χ1v) is 8.03. The minimum Gasteiger partial charge on any atom is -0.492 e. The van der Waals surface area contributed by atoms with E-state index in [0.29, 0.717) is 6.61 Å². The number of benzene rings is 1. The van der Waals surface area contributed by atoms with Crippen molar-refractivity contribution in [1.29, 1.82) is 0 Å². The van der Waals surface area contributed by atoms with Crippen LogP contribution in [0.1, 0.15) is 44.0 Å². The van der Waals surface area contributed by atoms with Crippen molar-refractivity contribution in [2.75, 3.05) is 13.1 Å². The Morgan fingerprint density at radius 3 is 2.62 bits per heavy atom. The zero-order valence-electron chi connectivity index (χ0n) is 13.8. The third-order valence-electron chi connectivity index (χ3n) is 3.18. The zero-order valence-corrected chi connectivity index (χ0v) is 14.6. The van der Waals surface area contributed by atoms with Crippen LogP contribution in [0, 0.1) is 0 Å². The average Bonchev–Trinajstić information content (AvgIpc) is 2.44. The third-order valence-corrected chi connectivity index (χ3v) is 3.46. The number of hydrogen-bond acceptors (Lipinski definition) is 7. The van der Waals surface area contributed by atoms with Gasteiger partial charge in [-0.1, -0.05) is 24.9 Å². The lowest BCUT2D eigenvalue weighted by Crippen LogP contribution is -2.39. The molecule has 1 aliphatic heterocycles. The highest BCUT2D eigenvalue weighted by Crippen LogP contribution is 2.48. The van der Waals surface area contributed by atoms with Gasteiger partial charge in [0.05, 0.1) is 11.6 Å². The fourth-order valence-corrected chi connectivity index (χ4v) is 2.39. The van der Waals surface area contributed by atoms with Crippen LogP contribution in [0.2, 0.25) is 5.02 Å². The first-order chi connectivity index (χ1) is 11.2. The molecule has 9 heteroatoms. The minimum atomic E-state index is -1.69. The predicted octanol–water partition coefficient (Wildman–Crippen LogP) is 2.20. The lowest BCUT2D eigenvalue weighted by Gasteiger charge is -2.33. The molecule has 0 aliphatic carbocycles. The summed E-state index contributed by atoms with van der Waals surface area (Å²) in [6.07, 6.45) is 1.74. The molecule has 0 spiro atoms. The minimum absolute atomic E-state index is 0.0346. The van der Waals surface area contributed by atoms with Crippen LogP contribution in [0.3, 0.4) is 0 Å². The summed E-state index contributed by atoms with van der Waals surface area (Å²) in [5.74, 6) is -1.51. The second kappa shape index (κ2) is 7.50. The molecular weight excluding hydrogens is 338 g/mol. The molecule has 0 saturated carbocycles. The number of unbranched alkanes of at least 4 members (excludes halogenated alkanes) is 1. The van der Waals surface area contributed by atoms with Gasteiger partial charge in [0.1, 0.15) is 17.8 Å². The summed E-state index contributed by atoms with van der Waals surface area (Å²) in [6, 6.07) is 1.43. The normalized spacial score (nSPS) is 15.2. The number of carbonyl (C=O) groups excluding carboxylic acids is 1. The molecule has 0 bridgehead atoms. The molecule has 2 N–H and O–H groups in total. The SMILES string of the molecule is CCCCOc1cc(Cl)c(OCB(O)O)c2c1C(=O)OC(C)(C)O2. The molecule has 0 fully saturated rings. The molecule has 24 heavy (non-hydrogen) atoms. The predicted molar refractivity (Wildman–Crippen MR) is 87.7 cm³/mol. The van der Waals surface area contributed by atoms with Crippen molar-refractivity contribution in [3.05, 3.63) is 16.7 Å². The fourth-order valence-electron chi connectivity index (χ4n) is 2.15. The van der Waals surface area contributed by atoms with E-state index >= 15 is 0 Å². The van der Waals surface area contributed by atoms with Crippen LogP contribution in [0.15, 0.2) is 6.07 Å². The van der Waals surface area contributed by atoms with E-state index in [1.165, 1.54) is 6.07 Å². The zero-order chi connectivity index (χ0) is 17.9. The van der Waals surface area contributed by atoms with E-state index in [1.54, 1.807) is 13.8 Å². The number of cyclic esters (lactones) is 1. The highest BCUT2D eigenvalue weighted by molar-refractivity contribution is 6.41. The summed E-state index contributed by atoms with van der Waals surface area (Å²) >= 11 is 6.20. The second-order valence-electron chi connectivity index (χ2n) is 5.77. The largest absolute Gasteiger partial charge is 0.492 e. The van der Waals surface area contributed by atoms with E-state index in [4.69, 9.17) is 40.6 Å². The fraction of sp³-hybridized carbons (Fsp3) is 0.533. The summed E-state index contributed by atoms with van der Waals surface area (Å²) in [5.41, 5.74) is 0.0669. The summed E-state index contributed by atoms with van der Waals surface area (Å²) in [7, 11) is -1.69. The maximum absolute atomic E-state index is 12.4. The Morgan fingerprint density at radius 2 is 2.00 bits per heavy atom. The molecular formula is C15H20BClO7. The Labute approximate surface area is 145 Å². The van der Waals surface area contributed by atoms with Gasteiger partial charge in [0, 0.05) is 19.9 Å². The first kappa shape index (κ1) is 18.7. The Balaban J connectivity index is 2.47. The highest BCUT2D eigenvalue weighted by atomic mass is 35.5. The molecule has 1 aromatic carbocycles. The molecule has 0 saturated heterocycles. The Bertz CT molecular complexity index is 618. The van der Waals surface area contributed by atoms with Gasteiger partial charge in [0.25, 0.3) is 0 Å². The van der Waals surface area contributed by atoms with Crippen molar-refractivity contribution >= 4 is 24.7 Å². The van der Waals surface area contributed by atoms with Crippen molar-refractivity contribution in [2.45, 2.75) is 39.4 Å². The highest BCUT2D eigenvalue weighted by Gasteiger charge is 2.39. The van der Waals surface area contributed by atoms with Crippen molar-refractivity contribution < 1.29 is 33.8 Å². The molecule has 0 radical (unpaired) electrons. The van der Waals surface area contributed by atoms with Crippen molar-refractivity contribution in [1.82, 2.24) is 0 Å². The summed E-state index contributed by atoms with van der Waals surface area (Å²) in [6.45, 7) is 5.13. The van der Waals surface area contributed by atoms with E-state index in [9.17, 15) is 4.79 Å². The van der Waals surface area contributed by atoms with E-state index < -0.39 is 25.4 Å². The van der Waals surface area contributed by atoms with Gasteiger partial charge in [-0.15, -0.1) is 0 Å². The van der Waals surface area contributed by atoms with Crippen LogP contribution in [-0.2, 0) is 4.74 Å². The van der Waals surface area contributed by atoms with Crippen LogP contribution in [-0.4, -0.2) is 42.0 Å². The van der Waals surface area contributed by atoms with Crippen LogP contribution < -0.4 is 14.2 Å². The Hall–Kier alpha value is -1.64. The lowest BCUT2D eigenvalue weighted by atomic mass is 9.95. The lowest BCUT2D eigenvalue weighted by molar-refractivity contribution is -0.128. The molecule has 0 unspecified atom stereocenters. The van der Waals surface area contributed by atoms with Gasteiger partial charge in [0.15, 0.2) is 11.5 Å². The molecule has 1 heterocycles. The van der Waals surface area contributed by atoms with Crippen LogP contribution in [0.5, 0.6) is 17.2 Å². The topological polar surface area (TPSA) is 94.5 Å². The van der Waals surface area contributed by atoms with Crippen LogP contribution in [0.25, 0.3) is 0 Å². The van der Waals surface area contributed by atoms with E-state index in [2.05, 4.69) is 0 Å². The van der Waals surface area contributed by atoms with E-state index in [0.717, 1.165) is 12.8 Å². The quantitative estimate of drug-likeness (QED) is 0.438. The molecule has 0 atom stereocenters. The molecule has 1 aromatic rings. The smallest absolute Gasteiger partial charge is 0.491 e. The molecule has 132 valence electrons. The monoisotopic (exact) mass is 358 g/mol. The number of rotatable bonds is 7. The summed E-state index contributed by atoms with van der Waals surface area (Å²) < 4.78 is 21.8. The number of ether oxygens (including phenoxy) is 4. The van der Waals surface area contributed by atoms with Gasteiger partial charge in [-0.05, 0) is 6.42 Å². The number of fused-ring (bicyclic) bond motifs is 1. The Kier molecular flexibility index (Phi) is 5.85. The maximum Gasteiger partial charge on any atom is 0.491 e. The maximum atomic E-state index is 12.4. The van der Waals surface area contributed by atoms with Crippen LogP contribution in [0.4, 0.5) is 0 Å². The first-order valence-electron chi connectivity index (χ1n) is 7.65. The van der Waals surface area contributed by atoms with Gasteiger partial charge < -0.3 is 29.0 Å². The molecule has 1 aliphatic rings. The van der Waals surface area contributed by atoms with Crippen molar-refractivity contribution in [3.8, 4) is 17.2 Å². The van der Waals surface area contributed by atoms with Gasteiger partial charge in [0.2, 0.25) is 5.79 Å². The molecule has 0 amide bonds. The van der Waals surface area contributed by atoms with Gasteiger partial charge in [-0.3, -0.25) is 0 Å². The van der Waals surface area contributed by atoms with Gasteiger partial charge in [-0.25, -0.2) is 4.79 Å². The van der Waals surface area contributed by atoms with E-state index in [-0.39, 0.29) is 27.8 Å². The summed E-state index contributed by atoms with van der Waals surface area (Å²) in [5, 5.41) is 18.1. The van der Waals surface area contributed by atoms with Crippen LogP contribution >= 0.6 is 11.6 Å². The Morgan fingerprint density at radius 1 is 1.29 bits per heavy atom. The van der Waals surface area contributed by atoms with Gasteiger partial charge in [-0.2, -0.15) is 0 Å². The number of hydrogen-bond donors (Lipinski definition) is 2. The average molecular weight is 359 g/mol. The molecule has 0 aromatic heterocycles. The standard InChI is InChI=1S/C15H20BClO7/c1-4-5-6-21-10-7-9(17)12(22-8-16(19)20)13-11(10)14(18)24-15(2,3)23-13/h7,19-20H,4-6,8H2,1-3H3. The molecule has 7 nitrogen and oxygen atoms in total. The third kappa shape index (κ3) is 4.26. The number of carbonyl (C=O) groups is 1.